The van der Waals surface area contributed by atoms with Crippen molar-refractivity contribution >= 4 is 29.9 Å². The summed E-state index contributed by atoms with van der Waals surface area (Å²) in [5.41, 5.74) is 1.22. The quantitative estimate of drug-likeness (QED) is 0.204. The van der Waals surface area contributed by atoms with E-state index < -0.39 is 0 Å². The number of hydrogen-bond donors (Lipinski definition) is 2. The van der Waals surface area contributed by atoms with Crippen LogP contribution in [0.5, 0.6) is 0 Å². The van der Waals surface area contributed by atoms with E-state index in [-0.39, 0.29) is 30.1 Å². The number of aliphatic imine (C=N–C) groups is 1. The number of likely N-dealkylation sites (tertiary alicyclic amines) is 1. The lowest BCUT2D eigenvalue weighted by Gasteiger charge is -2.32. The molecule has 2 N–H and O–H groups in total. The average molecular weight is 518 g/mol. The van der Waals surface area contributed by atoms with E-state index >= 15 is 0 Å². The Bertz CT molecular complexity index is 551. The van der Waals surface area contributed by atoms with Gasteiger partial charge in [0, 0.05) is 40.4 Å². The molecule has 1 aromatic carbocycles. The molecule has 7 heteroatoms. The second-order valence-electron chi connectivity index (χ2n) is 7.43. The van der Waals surface area contributed by atoms with Gasteiger partial charge in [-0.25, -0.2) is 0 Å². The molecule has 1 fully saturated rings. The molecule has 1 unspecified atom stereocenters. The summed E-state index contributed by atoms with van der Waals surface area (Å²) in [7, 11) is 3.60. The Morgan fingerprint density at radius 2 is 1.90 bits per heavy atom. The number of methoxy groups -OCH3 is 1. The van der Waals surface area contributed by atoms with Crippen molar-refractivity contribution in [2.75, 3.05) is 60.1 Å². The van der Waals surface area contributed by atoms with E-state index in [1.165, 1.54) is 31.5 Å². The Labute approximate surface area is 193 Å². The molecule has 1 aromatic rings. The summed E-state index contributed by atoms with van der Waals surface area (Å²) in [5.74, 6) is 1.60. The summed E-state index contributed by atoms with van der Waals surface area (Å²) < 4.78 is 11.1. The molecular weight excluding hydrogens is 479 g/mol. The van der Waals surface area contributed by atoms with E-state index in [0.29, 0.717) is 5.92 Å². The normalized spacial score (nSPS) is 16.9. The van der Waals surface area contributed by atoms with Crippen LogP contribution < -0.4 is 10.6 Å². The highest BCUT2D eigenvalue weighted by atomic mass is 127. The van der Waals surface area contributed by atoms with Crippen molar-refractivity contribution < 1.29 is 9.47 Å². The van der Waals surface area contributed by atoms with Crippen molar-refractivity contribution in [3.8, 4) is 0 Å². The summed E-state index contributed by atoms with van der Waals surface area (Å²) in [4.78, 5) is 6.82. The molecule has 1 heterocycles. The lowest BCUT2D eigenvalue weighted by Crippen LogP contribution is -2.43. The fraction of sp³-hybridized carbons (Fsp3) is 0.682. The van der Waals surface area contributed by atoms with Crippen LogP contribution in [0, 0.1) is 5.92 Å². The van der Waals surface area contributed by atoms with E-state index in [2.05, 4.69) is 51.7 Å². The van der Waals surface area contributed by atoms with Crippen LogP contribution in [0.25, 0.3) is 0 Å². The van der Waals surface area contributed by atoms with Crippen LogP contribution in [-0.2, 0) is 9.47 Å². The number of rotatable bonds is 11. The fourth-order valence-electron chi connectivity index (χ4n) is 3.46. The molecule has 1 saturated heterocycles. The smallest absolute Gasteiger partial charge is 0.190 e. The minimum Gasteiger partial charge on any atom is -0.383 e. The molecule has 0 radical (unpaired) electrons. The van der Waals surface area contributed by atoms with Gasteiger partial charge < -0.3 is 25.0 Å². The molecule has 6 nitrogen and oxygen atoms in total. The highest BCUT2D eigenvalue weighted by molar-refractivity contribution is 14.0. The first-order valence-electron chi connectivity index (χ1n) is 10.5. The van der Waals surface area contributed by atoms with E-state index in [9.17, 15) is 0 Å². The number of benzene rings is 1. The van der Waals surface area contributed by atoms with Crippen LogP contribution in [0.4, 0.5) is 0 Å². The first kappa shape index (κ1) is 26.1. The third-order valence-electron chi connectivity index (χ3n) is 5.35. The number of guanidine groups is 1. The molecule has 0 spiro atoms. The molecular formula is C22H39IN4O2. The van der Waals surface area contributed by atoms with Gasteiger partial charge in [-0.05, 0) is 50.8 Å². The second-order valence-corrected chi connectivity index (χ2v) is 7.43. The maximum atomic E-state index is 5.92. The molecule has 0 bridgehead atoms. The monoisotopic (exact) mass is 518 g/mol. The number of piperidine rings is 1. The van der Waals surface area contributed by atoms with Crippen LogP contribution in [0.1, 0.15) is 37.9 Å². The highest BCUT2D eigenvalue weighted by Gasteiger charge is 2.18. The molecule has 2 rings (SSSR count). The van der Waals surface area contributed by atoms with Crippen LogP contribution in [0.2, 0.25) is 0 Å². The fourth-order valence-corrected chi connectivity index (χ4v) is 3.46. The van der Waals surface area contributed by atoms with Gasteiger partial charge in [0.15, 0.2) is 5.96 Å². The van der Waals surface area contributed by atoms with Gasteiger partial charge in [-0.2, -0.15) is 0 Å². The summed E-state index contributed by atoms with van der Waals surface area (Å²) in [5, 5.41) is 6.87. The maximum Gasteiger partial charge on any atom is 0.190 e. The zero-order chi connectivity index (χ0) is 20.0. The van der Waals surface area contributed by atoms with Gasteiger partial charge in [-0.1, -0.05) is 30.3 Å². The number of ether oxygens (including phenoxy) is 2. The zero-order valence-corrected chi connectivity index (χ0v) is 20.6. The molecule has 0 aliphatic carbocycles. The lowest BCUT2D eigenvalue weighted by atomic mass is 9.97. The largest absolute Gasteiger partial charge is 0.383 e. The first-order valence-corrected chi connectivity index (χ1v) is 10.5. The molecule has 1 atom stereocenters. The average Bonchev–Trinajstić information content (AvgIpc) is 2.75. The van der Waals surface area contributed by atoms with Crippen molar-refractivity contribution in [2.24, 2.45) is 10.9 Å². The summed E-state index contributed by atoms with van der Waals surface area (Å²) in [6, 6.07) is 10.3. The highest BCUT2D eigenvalue weighted by Crippen LogP contribution is 2.16. The van der Waals surface area contributed by atoms with Gasteiger partial charge in [-0.3, -0.25) is 4.99 Å². The van der Waals surface area contributed by atoms with E-state index in [0.717, 1.165) is 45.2 Å². The van der Waals surface area contributed by atoms with Crippen LogP contribution in [0.15, 0.2) is 35.3 Å². The van der Waals surface area contributed by atoms with Crippen molar-refractivity contribution in [2.45, 2.75) is 32.3 Å². The second kappa shape index (κ2) is 15.9. The van der Waals surface area contributed by atoms with Crippen molar-refractivity contribution in [1.82, 2.24) is 15.5 Å². The van der Waals surface area contributed by atoms with Gasteiger partial charge in [0.1, 0.15) is 0 Å². The number of nitrogens with one attached hydrogen (secondary N) is 2. The molecule has 0 amide bonds. The molecule has 29 heavy (non-hydrogen) atoms. The van der Waals surface area contributed by atoms with Gasteiger partial charge >= 0.3 is 0 Å². The summed E-state index contributed by atoms with van der Waals surface area (Å²) >= 11 is 0. The Kier molecular flexibility index (Phi) is 14.3. The van der Waals surface area contributed by atoms with Crippen LogP contribution in [-0.4, -0.2) is 71.0 Å². The third-order valence-corrected chi connectivity index (χ3v) is 5.35. The Balaban J connectivity index is 0.00000420. The molecule has 0 aromatic heterocycles. The molecule has 1 aliphatic heterocycles. The first-order chi connectivity index (χ1) is 13.7. The predicted octanol–water partition coefficient (Wildman–Crippen LogP) is 3.30. The predicted molar refractivity (Wildman–Crippen MR) is 131 cm³/mol. The van der Waals surface area contributed by atoms with Crippen molar-refractivity contribution in [3.63, 3.8) is 0 Å². The lowest BCUT2D eigenvalue weighted by molar-refractivity contribution is 0.0646. The number of hydrogen-bond acceptors (Lipinski definition) is 4. The summed E-state index contributed by atoms with van der Waals surface area (Å²) in [6.45, 7) is 8.88. The minimum absolute atomic E-state index is 0. The number of nitrogens with zero attached hydrogens (tertiary/aromatic N) is 2. The maximum absolute atomic E-state index is 5.92. The number of halogens is 1. The van der Waals surface area contributed by atoms with E-state index in [1.54, 1.807) is 7.11 Å². The molecule has 0 saturated carbocycles. The summed E-state index contributed by atoms with van der Waals surface area (Å²) in [6.07, 6.45) is 3.56. The van der Waals surface area contributed by atoms with Gasteiger partial charge in [-0.15, -0.1) is 24.0 Å². The SMILES string of the molecule is CN=C(NCCCOC(C)c1ccccc1)NCC1CCN(CCOC)CC1.I. The van der Waals surface area contributed by atoms with E-state index in [4.69, 9.17) is 9.47 Å². The Hall–Kier alpha value is -0.900. The van der Waals surface area contributed by atoms with Gasteiger partial charge in [0.25, 0.3) is 0 Å². The van der Waals surface area contributed by atoms with E-state index in [1.807, 2.05) is 13.1 Å². The Morgan fingerprint density at radius 3 is 2.55 bits per heavy atom. The minimum atomic E-state index is 0. The standard InChI is InChI=1S/C22H38N4O2.HI/c1-19(21-8-5-4-6-9-21)28-16-7-12-24-22(23-2)25-18-20-10-13-26(14-11-20)15-17-27-3;/h4-6,8-9,19-20H,7,10-18H2,1-3H3,(H2,23,24,25);1H. The topological polar surface area (TPSA) is 58.1 Å². The zero-order valence-electron chi connectivity index (χ0n) is 18.2. The van der Waals surface area contributed by atoms with Crippen LogP contribution >= 0.6 is 24.0 Å². The third kappa shape index (κ3) is 10.6. The Morgan fingerprint density at radius 1 is 1.17 bits per heavy atom. The van der Waals surface area contributed by atoms with Crippen molar-refractivity contribution in [3.05, 3.63) is 35.9 Å². The van der Waals surface area contributed by atoms with Gasteiger partial charge in [0.2, 0.25) is 0 Å². The van der Waals surface area contributed by atoms with Crippen LogP contribution in [0.3, 0.4) is 0 Å². The van der Waals surface area contributed by atoms with Crippen molar-refractivity contribution in [1.29, 1.82) is 0 Å². The molecule has 1 aliphatic rings. The van der Waals surface area contributed by atoms with Gasteiger partial charge in [0.05, 0.1) is 12.7 Å². The molecule has 166 valence electrons.